The van der Waals surface area contributed by atoms with Gasteiger partial charge in [-0.05, 0) is 57.4 Å². The monoisotopic (exact) mass is 301 g/mol. The zero-order chi connectivity index (χ0) is 14.4. The summed E-state index contributed by atoms with van der Waals surface area (Å²) < 4.78 is 23.6. The maximum absolute atomic E-state index is 11.8. The van der Waals surface area contributed by atoms with Gasteiger partial charge in [0.25, 0.3) is 0 Å². The topological polar surface area (TPSA) is 57.6 Å². The molecule has 116 valence electrons. The molecule has 0 aromatic heterocycles. The second-order valence-electron chi connectivity index (χ2n) is 7.20. The van der Waals surface area contributed by atoms with Crippen LogP contribution in [-0.2, 0) is 9.84 Å². The Bertz CT molecular complexity index is 464. The molecule has 2 heterocycles. The first-order valence-corrected chi connectivity index (χ1v) is 9.99. The van der Waals surface area contributed by atoms with Gasteiger partial charge in [-0.1, -0.05) is 6.42 Å². The minimum atomic E-state index is -2.96. The van der Waals surface area contributed by atoms with Gasteiger partial charge in [-0.2, -0.15) is 0 Å². The van der Waals surface area contributed by atoms with E-state index in [4.69, 9.17) is 0 Å². The fourth-order valence-corrected chi connectivity index (χ4v) is 5.84. The summed E-state index contributed by atoms with van der Waals surface area (Å²) in [5.74, 6) is 0.179. The molecule has 0 radical (unpaired) electrons. The average Bonchev–Trinajstić information content (AvgIpc) is 2.85. The van der Waals surface area contributed by atoms with Crippen molar-refractivity contribution >= 4 is 9.84 Å². The zero-order valence-electron chi connectivity index (χ0n) is 12.4. The quantitative estimate of drug-likeness (QED) is 0.841. The van der Waals surface area contributed by atoms with Crippen LogP contribution in [0.5, 0.6) is 0 Å². The summed E-state index contributed by atoms with van der Waals surface area (Å²) in [5, 5.41) is 10.9. The SMILES string of the molecule is CS(=O)(=O)C1CCCC(C2(O)CCN3CCCC3C2)C1. The van der Waals surface area contributed by atoms with E-state index >= 15 is 0 Å². The average molecular weight is 301 g/mol. The van der Waals surface area contributed by atoms with E-state index in [1.165, 1.54) is 25.6 Å². The highest BCUT2D eigenvalue weighted by molar-refractivity contribution is 7.91. The van der Waals surface area contributed by atoms with Crippen molar-refractivity contribution in [2.75, 3.05) is 19.3 Å². The van der Waals surface area contributed by atoms with Crippen molar-refractivity contribution in [2.45, 2.75) is 68.3 Å². The van der Waals surface area contributed by atoms with Crippen LogP contribution in [0.3, 0.4) is 0 Å². The molecular formula is C15H27NO3S. The summed E-state index contributed by atoms with van der Waals surface area (Å²) in [6.07, 6.45) is 8.86. The molecule has 0 aromatic rings. The predicted octanol–water partition coefficient (Wildman–Crippen LogP) is 1.58. The van der Waals surface area contributed by atoms with Gasteiger partial charge in [0.1, 0.15) is 9.84 Å². The van der Waals surface area contributed by atoms with E-state index in [0.29, 0.717) is 12.5 Å². The standard InChI is InChI=1S/C15H27NO3S/c1-20(18,19)14-6-2-4-12(10-14)15(17)7-9-16-8-3-5-13(16)11-15/h12-14,17H,2-11H2,1H3. The number of hydrogen-bond donors (Lipinski definition) is 1. The third-order valence-corrected chi connectivity index (χ3v) is 7.55. The molecule has 0 bridgehead atoms. The number of sulfone groups is 1. The lowest BCUT2D eigenvalue weighted by Crippen LogP contribution is -2.53. The molecule has 20 heavy (non-hydrogen) atoms. The van der Waals surface area contributed by atoms with Crippen LogP contribution in [0.25, 0.3) is 0 Å². The Morgan fingerprint density at radius 3 is 2.70 bits per heavy atom. The molecule has 2 aliphatic heterocycles. The van der Waals surface area contributed by atoms with Crippen molar-refractivity contribution in [1.29, 1.82) is 0 Å². The van der Waals surface area contributed by atoms with E-state index in [9.17, 15) is 13.5 Å². The van der Waals surface area contributed by atoms with Crippen LogP contribution in [0.4, 0.5) is 0 Å². The van der Waals surface area contributed by atoms with Crippen LogP contribution in [0, 0.1) is 5.92 Å². The van der Waals surface area contributed by atoms with Crippen molar-refractivity contribution in [3.63, 3.8) is 0 Å². The summed E-state index contributed by atoms with van der Waals surface area (Å²) in [4.78, 5) is 2.51. The Kier molecular flexibility index (Phi) is 3.89. The summed E-state index contributed by atoms with van der Waals surface area (Å²) in [5.41, 5.74) is -0.616. The van der Waals surface area contributed by atoms with Crippen LogP contribution in [0.15, 0.2) is 0 Å². The lowest BCUT2D eigenvalue weighted by molar-refractivity contribution is -0.0881. The molecule has 4 unspecified atom stereocenters. The summed E-state index contributed by atoms with van der Waals surface area (Å²) in [6.45, 7) is 2.17. The maximum Gasteiger partial charge on any atom is 0.150 e. The fraction of sp³-hybridized carbons (Fsp3) is 1.00. The summed E-state index contributed by atoms with van der Waals surface area (Å²) in [7, 11) is -2.96. The first kappa shape index (κ1) is 14.8. The smallest absolute Gasteiger partial charge is 0.150 e. The molecule has 3 rings (SSSR count). The molecule has 3 fully saturated rings. The number of hydrogen-bond acceptors (Lipinski definition) is 4. The van der Waals surface area contributed by atoms with Crippen molar-refractivity contribution in [3.8, 4) is 0 Å². The molecule has 4 atom stereocenters. The van der Waals surface area contributed by atoms with E-state index in [2.05, 4.69) is 4.90 Å². The van der Waals surface area contributed by atoms with E-state index in [1.807, 2.05) is 0 Å². The second kappa shape index (κ2) is 5.25. The first-order valence-electron chi connectivity index (χ1n) is 8.04. The molecule has 4 nitrogen and oxygen atoms in total. The number of aliphatic hydroxyl groups is 1. The van der Waals surface area contributed by atoms with Crippen LogP contribution in [-0.4, -0.2) is 54.7 Å². The van der Waals surface area contributed by atoms with Crippen molar-refractivity contribution < 1.29 is 13.5 Å². The van der Waals surface area contributed by atoms with Gasteiger partial charge < -0.3 is 10.0 Å². The molecule has 1 aliphatic carbocycles. The largest absolute Gasteiger partial charge is 0.389 e. The lowest BCUT2D eigenvalue weighted by Gasteiger charge is -2.47. The predicted molar refractivity (Wildman–Crippen MR) is 79.4 cm³/mol. The Morgan fingerprint density at radius 1 is 1.15 bits per heavy atom. The van der Waals surface area contributed by atoms with Gasteiger partial charge >= 0.3 is 0 Å². The molecule has 1 N–H and O–H groups in total. The van der Waals surface area contributed by atoms with Gasteiger partial charge in [-0.15, -0.1) is 0 Å². The van der Waals surface area contributed by atoms with Gasteiger partial charge in [-0.3, -0.25) is 0 Å². The maximum atomic E-state index is 11.8. The number of nitrogens with zero attached hydrogens (tertiary/aromatic N) is 1. The molecule has 1 saturated carbocycles. The molecule has 0 aromatic carbocycles. The van der Waals surface area contributed by atoms with Crippen LogP contribution < -0.4 is 0 Å². The minimum absolute atomic E-state index is 0.179. The van der Waals surface area contributed by atoms with E-state index in [0.717, 1.165) is 38.6 Å². The van der Waals surface area contributed by atoms with Gasteiger partial charge in [-0.25, -0.2) is 8.42 Å². The van der Waals surface area contributed by atoms with E-state index < -0.39 is 15.4 Å². The van der Waals surface area contributed by atoms with E-state index in [-0.39, 0.29) is 11.2 Å². The lowest BCUT2D eigenvalue weighted by atomic mass is 9.70. The Labute approximate surface area is 122 Å². The minimum Gasteiger partial charge on any atom is -0.389 e. The molecule has 0 spiro atoms. The van der Waals surface area contributed by atoms with Gasteiger partial charge in [0, 0.05) is 18.8 Å². The highest BCUT2D eigenvalue weighted by atomic mass is 32.2. The van der Waals surface area contributed by atoms with Gasteiger partial charge in [0.05, 0.1) is 10.9 Å². The van der Waals surface area contributed by atoms with Crippen LogP contribution in [0.1, 0.15) is 51.4 Å². The van der Waals surface area contributed by atoms with E-state index in [1.54, 1.807) is 0 Å². The van der Waals surface area contributed by atoms with Crippen molar-refractivity contribution in [2.24, 2.45) is 5.92 Å². The molecule has 5 heteroatoms. The summed E-state index contributed by atoms with van der Waals surface area (Å²) in [6, 6.07) is 0.535. The van der Waals surface area contributed by atoms with Crippen LogP contribution in [0.2, 0.25) is 0 Å². The molecule has 2 saturated heterocycles. The highest BCUT2D eigenvalue weighted by Gasteiger charge is 2.47. The Morgan fingerprint density at radius 2 is 1.95 bits per heavy atom. The number of rotatable bonds is 2. The first-order chi connectivity index (χ1) is 9.38. The van der Waals surface area contributed by atoms with Crippen molar-refractivity contribution in [3.05, 3.63) is 0 Å². The fourth-order valence-electron chi connectivity index (χ4n) is 4.66. The molecule has 3 aliphatic rings. The third-order valence-electron chi connectivity index (χ3n) is 5.91. The van der Waals surface area contributed by atoms with Crippen LogP contribution >= 0.6 is 0 Å². The van der Waals surface area contributed by atoms with Gasteiger partial charge in [0.15, 0.2) is 0 Å². The summed E-state index contributed by atoms with van der Waals surface area (Å²) >= 11 is 0. The normalized spacial score (nSPS) is 43.4. The number of fused-ring (bicyclic) bond motifs is 1. The number of piperidine rings is 1. The second-order valence-corrected chi connectivity index (χ2v) is 9.53. The molecule has 0 amide bonds. The zero-order valence-corrected chi connectivity index (χ0v) is 13.2. The molecular weight excluding hydrogens is 274 g/mol. The Balaban J connectivity index is 1.71. The van der Waals surface area contributed by atoms with Crippen molar-refractivity contribution in [1.82, 2.24) is 4.90 Å². The Hall–Kier alpha value is -0.130. The highest BCUT2D eigenvalue weighted by Crippen LogP contribution is 2.43. The van der Waals surface area contributed by atoms with Gasteiger partial charge in [0.2, 0.25) is 0 Å². The third kappa shape index (κ3) is 2.77.